The predicted octanol–water partition coefficient (Wildman–Crippen LogP) is 4.68. The van der Waals surface area contributed by atoms with E-state index in [-0.39, 0.29) is 21.3 Å². The van der Waals surface area contributed by atoms with Gasteiger partial charge in [-0.05, 0) is 51.5 Å². The van der Waals surface area contributed by atoms with E-state index in [1.54, 1.807) is 0 Å². The summed E-state index contributed by atoms with van der Waals surface area (Å²) in [7, 11) is 0. The lowest BCUT2D eigenvalue weighted by molar-refractivity contribution is -0.383. The van der Waals surface area contributed by atoms with Crippen LogP contribution >= 0.6 is 11.3 Å². The molecular weight excluding hydrogens is 499 g/mol. The normalized spacial score (nSPS) is 21.6. The molecule has 1 saturated heterocycles. The molecule has 2 heterocycles. The van der Waals surface area contributed by atoms with Gasteiger partial charge in [0.15, 0.2) is 5.13 Å². The Bertz CT molecular complexity index is 1210. The topological polar surface area (TPSA) is 101 Å². The predicted molar refractivity (Wildman–Crippen MR) is 132 cm³/mol. The number of alkyl halides is 3. The first-order valence-electron chi connectivity index (χ1n) is 11.9. The highest BCUT2D eigenvalue weighted by Crippen LogP contribution is 2.38. The zero-order valence-electron chi connectivity index (χ0n) is 20.1. The number of halogens is 3. The van der Waals surface area contributed by atoms with E-state index in [0.717, 1.165) is 55.8 Å². The van der Waals surface area contributed by atoms with Gasteiger partial charge in [-0.2, -0.15) is 18.2 Å². The summed E-state index contributed by atoms with van der Waals surface area (Å²) in [6, 6.07) is 1.28. The monoisotopic (exact) mass is 527 g/mol. The molecule has 0 amide bonds. The van der Waals surface area contributed by atoms with Gasteiger partial charge in [-0.1, -0.05) is 16.5 Å². The first kappa shape index (κ1) is 26.3. The number of aromatic nitrogens is 1. The zero-order chi connectivity index (χ0) is 26.0. The fourth-order valence-electron chi connectivity index (χ4n) is 4.79. The minimum absolute atomic E-state index is 0.0928. The molecule has 0 bridgehead atoms. The van der Waals surface area contributed by atoms with Crippen LogP contribution in [0.4, 0.5) is 24.0 Å². The molecule has 1 aliphatic carbocycles. The third-order valence-corrected chi connectivity index (χ3v) is 7.91. The van der Waals surface area contributed by atoms with Crippen LogP contribution in [0.25, 0.3) is 10.1 Å². The van der Waals surface area contributed by atoms with Crippen molar-refractivity contribution in [1.29, 1.82) is 0 Å². The van der Waals surface area contributed by atoms with Crippen molar-refractivity contribution < 1.29 is 22.9 Å². The smallest absolute Gasteiger partial charge is 0.396 e. The average molecular weight is 528 g/mol. The third kappa shape index (κ3) is 5.77. The van der Waals surface area contributed by atoms with E-state index in [9.17, 15) is 28.1 Å². The van der Waals surface area contributed by atoms with E-state index in [1.807, 2.05) is 11.8 Å². The van der Waals surface area contributed by atoms with Gasteiger partial charge >= 0.3 is 6.18 Å². The molecule has 1 unspecified atom stereocenters. The van der Waals surface area contributed by atoms with Crippen LogP contribution in [-0.4, -0.2) is 59.3 Å². The fraction of sp³-hybridized carbons (Fsp3) is 0.609. The van der Waals surface area contributed by atoms with E-state index in [2.05, 4.69) is 22.0 Å². The molecule has 36 heavy (non-hydrogen) atoms. The molecule has 1 aliphatic heterocycles. The number of nitro groups is 1. The average Bonchev–Trinajstić information content (AvgIpc) is 2.83. The second-order valence-electron chi connectivity index (χ2n) is 9.24. The van der Waals surface area contributed by atoms with Gasteiger partial charge in [0.05, 0.1) is 21.6 Å². The number of piperazine rings is 1. The van der Waals surface area contributed by atoms with Crippen LogP contribution in [0.5, 0.6) is 0 Å². The van der Waals surface area contributed by atoms with Crippen molar-refractivity contribution in [3.63, 3.8) is 0 Å². The SMILES string of the molecule is CCON=C1CCC(CN2CCN(c3nc(=O)c4cc(C(F)(F)F)cc([N+](=O)[O-])c4s3)CC2C)CC1. The van der Waals surface area contributed by atoms with Crippen LogP contribution < -0.4 is 10.5 Å². The van der Waals surface area contributed by atoms with Crippen LogP contribution in [-0.2, 0) is 11.0 Å². The lowest BCUT2D eigenvalue weighted by Crippen LogP contribution is -2.53. The Hall–Kier alpha value is -2.80. The number of oxime groups is 1. The molecule has 0 N–H and O–H groups in total. The first-order valence-corrected chi connectivity index (χ1v) is 12.8. The van der Waals surface area contributed by atoms with Gasteiger partial charge in [-0.15, -0.1) is 0 Å². The van der Waals surface area contributed by atoms with Gasteiger partial charge < -0.3 is 9.74 Å². The van der Waals surface area contributed by atoms with E-state index in [0.29, 0.717) is 37.7 Å². The van der Waals surface area contributed by atoms with Crippen molar-refractivity contribution in [2.24, 2.45) is 11.1 Å². The van der Waals surface area contributed by atoms with Crippen LogP contribution in [0.3, 0.4) is 0 Å². The Labute approximate surface area is 209 Å². The summed E-state index contributed by atoms with van der Waals surface area (Å²) in [4.78, 5) is 36.8. The van der Waals surface area contributed by atoms with Gasteiger partial charge in [0, 0.05) is 38.3 Å². The van der Waals surface area contributed by atoms with Gasteiger partial charge in [0.1, 0.15) is 11.3 Å². The molecule has 13 heteroatoms. The maximum absolute atomic E-state index is 13.2. The number of nitro benzene ring substituents is 1. The van der Waals surface area contributed by atoms with Crippen molar-refractivity contribution >= 4 is 38.0 Å². The molecule has 196 valence electrons. The molecule has 1 atom stereocenters. The molecule has 2 fully saturated rings. The minimum Gasteiger partial charge on any atom is -0.396 e. The summed E-state index contributed by atoms with van der Waals surface area (Å²) in [6.07, 6.45) is -0.839. The van der Waals surface area contributed by atoms with Crippen molar-refractivity contribution in [2.45, 2.75) is 51.7 Å². The van der Waals surface area contributed by atoms with Gasteiger partial charge in [0.2, 0.25) is 0 Å². The van der Waals surface area contributed by atoms with Crippen molar-refractivity contribution in [2.75, 3.05) is 37.7 Å². The Morgan fingerprint density at radius 2 is 2.00 bits per heavy atom. The number of fused-ring (bicyclic) bond motifs is 1. The van der Waals surface area contributed by atoms with Crippen LogP contribution in [0.2, 0.25) is 0 Å². The highest BCUT2D eigenvalue weighted by Gasteiger charge is 2.35. The van der Waals surface area contributed by atoms with Crippen LogP contribution in [0.1, 0.15) is 45.1 Å². The molecule has 0 spiro atoms. The standard InChI is InChI=1S/C23H28F3N5O4S/c1-3-35-28-17-6-4-15(5-7-17)13-29-8-9-30(12-14(29)2)22-27-21(32)18-10-16(23(24,25)26)11-19(31(33)34)20(18)36-22/h10-11,14-15H,3-9,12-13H2,1-2H3. The molecule has 1 saturated carbocycles. The molecular formula is C23H28F3N5O4S. The number of non-ortho nitro benzene ring substituents is 1. The van der Waals surface area contributed by atoms with Crippen molar-refractivity contribution in [1.82, 2.24) is 9.88 Å². The van der Waals surface area contributed by atoms with E-state index in [1.165, 1.54) is 0 Å². The Balaban J connectivity index is 1.48. The fourth-order valence-corrected chi connectivity index (χ4v) is 5.89. The molecule has 2 aromatic rings. The van der Waals surface area contributed by atoms with Crippen molar-refractivity contribution in [3.05, 3.63) is 38.2 Å². The largest absolute Gasteiger partial charge is 0.416 e. The second kappa shape index (κ2) is 10.7. The zero-order valence-corrected chi connectivity index (χ0v) is 20.9. The molecule has 2 aliphatic rings. The number of benzene rings is 1. The lowest BCUT2D eigenvalue weighted by Gasteiger charge is -2.42. The van der Waals surface area contributed by atoms with Gasteiger partial charge in [-0.25, -0.2) is 0 Å². The highest BCUT2D eigenvalue weighted by atomic mass is 32.1. The number of hydrogen-bond donors (Lipinski definition) is 0. The first-order chi connectivity index (χ1) is 17.1. The number of nitrogens with zero attached hydrogens (tertiary/aromatic N) is 5. The number of hydrogen-bond acceptors (Lipinski definition) is 9. The Morgan fingerprint density at radius 3 is 2.61 bits per heavy atom. The third-order valence-electron chi connectivity index (χ3n) is 6.75. The second-order valence-corrected chi connectivity index (χ2v) is 10.2. The molecule has 0 radical (unpaired) electrons. The summed E-state index contributed by atoms with van der Waals surface area (Å²) in [6.45, 7) is 7.37. The van der Waals surface area contributed by atoms with E-state index in [4.69, 9.17) is 4.84 Å². The molecule has 4 rings (SSSR count). The molecule has 1 aromatic heterocycles. The number of anilines is 1. The minimum atomic E-state index is -4.81. The summed E-state index contributed by atoms with van der Waals surface area (Å²) in [5.74, 6) is 0.555. The maximum atomic E-state index is 13.2. The summed E-state index contributed by atoms with van der Waals surface area (Å²) >= 11 is 0.890. The van der Waals surface area contributed by atoms with Crippen LogP contribution in [0.15, 0.2) is 22.1 Å². The summed E-state index contributed by atoms with van der Waals surface area (Å²) < 4.78 is 39.5. The maximum Gasteiger partial charge on any atom is 0.416 e. The summed E-state index contributed by atoms with van der Waals surface area (Å²) in [5, 5.41) is 15.6. The van der Waals surface area contributed by atoms with E-state index < -0.39 is 27.9 Å². The van der Waals surface area contributed by atoms with E-state index >= 15 is 0 Å². The highest BCUT2D eigenvalue weighted by molar-refractivity contribution is 7.22. The van der Waals surface area contributed by atoms with Crippen molar-refractivity contribution in [3.8, 4) is 0 Å². The molecule has 1 aromatic carbocycles. The summed E-state index contributed by atoms with van der Waals surface area (Å²) in [5.41, 5.74) is -1.75. The Kier molecular flexibility index (Phi) is 7.79. The number of rotatable bonds is 6. The lowest BCUT2D eigenvalue weighted by atomic mass is 9.87. The van der Waals surface area contributed by atoms with Gasteiger partial charge in [-0.3, -0.25) is 19.8 Å². The Morgan fingerprint density at radius 1 is 1.28 bits per heavy atom. The van der Waals surface area contributed by atoms with Gasteiger partial charge in [0.25, 0.3) is 11.2 Å². The van der Waals surface area contributed by atoms with Crippen LogP contribution in [0, 0.1) is 16.0 Å². The molecule has 9 nitrogen and oxygen atoms in total. The quantitative estimate of drug-likeness (QED) is 0.397.